The zero-order chi connectivity index (χ0) is 0. The van der Waals surface area contributed by atoms with Crippen LogP contribution in [-0.4, -0.2) is 0 Å². The van der Waals surface area contributed by atoms with Crippen LogP contribution in [0, 0.1) is 7.43 Å². The van der Waals surface area contributed by atoms with Crippen molar-refractivity contribution in [2.24, 2.45) is 0 Å². The van der Waals surface area contributed by atoms with Gasteiger partial charge in [0, 0.05) is 0 Å². The first kappa shape index (κ1) is 421. The van der Waals surface area contributed by atoms with Gasteiger partial charge in [-0.1, -0.05) is 0 Å². The molecule has 0 fully saturated rings. The Morgan fingerprint density at radius 2 is 0.500 bits per heavy atom. The second-order valence-electron chi connectivity index (χ2n) is 0. The predicted octanol–water partition coefficient (Wildman–Crippen LogP) is -0.396. The largest absolute Gasteiger partial charge is 4.00 e. The molecule has 4 nitrogen and oxygen atoms in total. The van der Waals surface area contributed by atoms with E-state index >= 15 is 0 Å². The second kappa shape index (κ2) is 244. The van der Waals surface area contributed by atoms with Gasteiger partial charge in [0.25, 0.3) is 0 Å². The van der Waals surface area contributed by atoms with E-state index in [4.69, 9.17) is 0 Å². The van der Waals surface area contributed by atoms with Crippen LogP contribution in [0.2, 0.25) is 0 Å². The molecule has 0 rings (SSSR count). The van der Waals surface area contributed by atoms with Gasteiger partial charge in [-0.25, -0.2) is 0 Å². The molecule has 0 aliphatic carbocycles. The van der Waals surface area contributed by atoms with Crippen LogP contribution in [0.1, 0.15) is 0 Å². The van der Waals surface area contributed by atoms with Crippen LogP contribution in [0.25, 0.3) is 0 Å². The summed E-state index contributed by atoms with van der Waals surface area (Å²) in [5, 5.41) is 0. The molecule has 6 heavy (non-hydrogen) atoms. The van der Waals surface area contributed by atoms with Crippen molar-refractivity contribution in [2.75, 3.05) is 0 Å². The maximum absolute atomic E-state index is 0. The van der Waals surface area contributed by atoms with E-state index in [0.717, 1.165) is 0 Å². The maximum Gasteiger partial charge on any atom is 4.00 e. The van der Waals surface area contributed by atoms with Crippen molar-refractivity contribution in [1.29, 1.82) is 0 Å². The van der Waals surface area contributed by atoms with Crippen LogP contribution in [0.3, 0.4) is 0 Å². The van der Waals surface area contributed by atoms with Crippen molar-refractivity contribution in [3.05, 3.63) is 7.43 Å². The molecule has 32 valence electrons. The molecule has 0 unspecified atom stereocenters. The summed E-state index contributed by atoms with van der Waals surface area (Å²) < 4.78 is 0. The van der Waals surface area contributed by atoms with Crippen LogP contribution in [-0.2, 0) is 48.1 Å². The number of hydrogen-bond acceptors (Lipinski definition) is 0. The summed E-state index contributed by atoms with van der Waals surface area (Å²) in [7, 11) is 0. The third kappa shape index (κ3) is 125. The number of rotatable bonds is 0. The average molecular weight is 167 g/mol. The van der Waals surface area contributed by atoms with Gasteiger partial charge in [0.05, 0.1) is 0 Å². The second-order valence-corrected chi connectivity index (χ2v) is 0. The molecule has 0 radical (unpaired) electrons. The summed E-state index contributed by atoms with van der Waals surface area (Å²) in [5.41, 5.74) is 0. The summed E-state index contributed by atoms with van der Waals surface area (Å²) in [6.07, 6.45) is 0. The van der Waals surface area contributed by atoms with E-state index in [1.165, 1.54) is 0 Å². The van der Waals surface area contributed by atoms with E-state index < -0.39 is 0 Å². The molecule has 0 aromatic heterocycles. The van der Waals surface area contributed by atoms with E-state index in [2.05, 4.69) is 0 Å². The molecule has 0 saturated carbocycles. The van der Waals surface area contributed by atoms with Gasteiger partial charge in [0.1, 0.15) is 0 Å². The molecular formula is CO4Zr. The molecule has 0 aromatic carbocycles. The normalized spacial score (nSPS) is 0. The molecule has 0 amide bonds. The fraction of sp³-hybridized carbons (Fsp3) is 0. The Morgan fingerprint density at radius 3 is 0.500 bits per heavy atom. The van der Waals surface area contributed by atoms with Crippen molar-refractivity contribution in [3.8, 4) is 0 Å². The van der Waals surface area contributed by atoms with Crippen molar-refractivity contribution in [1.82, 2.24) is 0 Å². The standard InChI is InChI=1S/C.4O.Zr/q+4;4*-2;+4. The van der Waals surface area contributed by atoms with Crippen molar-refractivity contribution in [3.63, 3.8) is 0 Å². The van der Waals surface area contributed by atoms with Gasteiger partial charge >= 0.3 is 33.6 Å². The zero-order valence-corrected chi connectivity index (χ0v) is 5.09. The Balaban J connectivity index is 0. The van der Waals surface area contributed by atoms with Crippen LogP contribution < -0.4 is 0 Å². The van der Waals surface area contributed by atoms with Crippen LogP contribution in [0.4, 0.5) is 0 Å². The van der Waals surface area contributed by atoms with Gasteiger partial charge in [-0.3, -0.25) is 0 Å². The molecule has 0 heterocycles. The quantitative estimate of drug-likeness (QED) is 0.467. The summed E-state index contributed by atoms with van der Waals surface area (Å²) in [4.78, 5) is 0. The third-order valence-corrected chi connectivity index (χ3v) is 0. The molecule has 0 aromatic rings. The Labute approximate surface area is 55.9 Å². The average Bonchev–Trinajstić information content (AvgIpc) is 0. The minimum atomic E-state index is 0. The molecule has 0 bridgehead atoms. The summed E-state index contributed by atoms with van der Waals surface area (Å²) in [6, 6.07) is 0. The molecule has 0 N–H and O–H groups in total. The molecule has 5 heteroatoms. The van der Waals surface area contributed by atoms with E-state index in [9.17, 15) is 0 Å². The third-order valence-electron chi connectivity index (χ3n) is 0. The van der Waals surface area contributed by atoms with E-state index in [1.807, 2.05) is 0 Å². The van der Waals surface area contributed by atoms with Gasteiger partial charge in [-0.15, -0.1) is 0 Å². The Bertz CT molecular complexity index is 7.51. The minimum absolute atomic E-state index is 0. The van der Waals surface area contributed by atoms with Crippen molar-refractivity contribution < 1.29 is 48.1 Å². The van der Waals surface area contributed by atoms with Crippen LogP contribution in [0.15, 0.2) is 0 Å². The fourth-order valence-corrected chi connectivity index (χ4v) is 0. The van der Waals surface area contributed by atoms with Gasteiger partial charge in [0.15, 0.2) is 0 Å². The van der Waals surface area contributed by atoms with Gasteiger partial charge in [-0.05, 0) is 0 Å². The zero-order valence-electron chi connectivity index (χ0n) is 2.63. The van der Waals surface area contributed by atoms with Gasteiger partial charge < -0.3 is 21.9 Å². The first-order chi connectivity index (χ1) is 0. The first-order valence-electron chi connectivity index (χ1n) is 0. The Hall–Kier alpha value is 0.723. The van der Waals surface area contributed by atoms with Crippen molar-refractivity contribution in [2.45, 2.75) is 0 Å². The predicted molar refractivity (Wildman–Crippen MR) is 5.99 cm³/mol. The SMILES string of the molecule is [C+4].[O-2].[O-2].[O-2].[O-2].[Zr+4]. The minimum Gasteiger partial charge on any atom is -2.00 e. The smallest absolute Gasteiger partial charge is 2.00 e. The summed E-state index contributed by atoms with van der Waals surface area (Å²) in [6.45, 7) is 0. The molecule has 0 saturated heterocycles. The van der Waals surface area contributed by atoms with Gasteiger partial charge in [-0.2, -0.15) is 0 Å². The maximum atomic E-state index is 0. The molecule has 0 aliphatic rings. The van der Waals surface area contributed by atoms with E-state index in [1.54, 1.807) is 0 Å². The van der Waals surface area contributed by atoms with E-state index in [0.29, 0.717) is 0 Å². The fourth-order valence-electron chi connectivity index (χ4n) is 0. The molecular weight excluding hydrogens is 167 g/mol. The van der Waals surface area contributed by atoms with Crippen LogP contribution >= 0.6 is 0 Å². The first-order valence-corrected chi connectivity index (χ1v) is 0. The molecule has 0 spiro atoms. The van der Waals surface area contributed by atoms with Crippen molar-refractivity contribution >= 4 is 0 Å². The molecule has 0 aliphatic heterocycles. The van der Waals surface area contributed by atoms with Crippen LogP contribution in [0.5, 0.6) is 0 Å². The topological polar surface area (TPSA) is 114 Å². The van der Waals surface area contributed by atoms with E-state index in [-0.39, 0.29) is 55.5 Å². The summed E-state index contributed by atoms with van der Waals surface area (Å²) in [5.74, 6) is 0. The summed E-state index contributed by atoms with van der Waals surface area (Å²) >= 11 is 0. The Kier molecular flexibility index (Phi) is 17100. The van der Waals surface area contributed by atoms with Gasteiger partial charge in [0.2, 0.25) is 0 Å². The monoisotopic (exact) mass is 166 g/mol. The molecule has 0 atom stereocenters. The Morgan fingerprint density at radius 1 is 0.500 bits per heavy atom. The number of hydrogen-bond donors (Lipinski definition) is 0.